The molecule has 1 aromatic carbocycles. The lowest BCUT2D eigenvalue weighted by Crippen LogP contribution is -2.42. The predicted octanol–water partition coefficient (Wildman–Crippen LogP) is 1.41. The minimum absolute atomic E-state index is 0.190. The number of piperidine rings is 1. The van der Waals surface area contributed by atoms with Gasteiger partial charge in [0.2, 0.25) is 5.91 Å². The first-order valence-electron chi connectivity index (χ1n) is 9.03. The molecule has 2 N–H and O–H groups in total. The highest BCUT2D eigenvalue weighted by molar-refractivity contribution is 5.90. The van der Waals surface area contributed by atoms with Crippen molar-refractivity contribution in [3.63, 3.8) is 0 Å². The summed E-state index contributed by atoms with van der Waals surface area (Å²) in [6.45, 7) is 3.36. The summed E-state index contributed by atoms with van der Waals surface area (Å²) in [7, 11) is 1.59. The van der Waals surface area contributed by atoms with E-state index in [1.165, 1.54) is 17.9 Å². The molecule has 1 atom stereocenters. The average molecular weight is 380 g/mol. The van der Waals surface area contributed by atoms with Crippen molar-refractivity contribution < 1.29 is 23.6 Å². The lowest BCUT2D eigenvalue weighted by atomic mass is 10.0. The Labute approximate surface area is 157 Å². The van der Waals surface area contributed by atoms with Crippen molar-refractivity contribution in [3.05, 3.63) is 24.0 Å². The highest BCUT2D eigenvalue weighted by Crippen LogP contribution is 2.29. The maximum Gasteiger partial charge on any atom is 0.414 e. The summed E-state index contributed by atoms with van der Waals surface area (Å²) in [5, 5.41) is 2.62. The van der Waals surface area contributed by atoms with Crippen LogP contribution >= 0.6 is 0 Å². The standard InChI is InChI=1S/C18H25FN4O4/c1-12(24)20-10-15-11-23(18(25)27-15)14-3-4-17(16(19)9-14)22-7-5-13(6-8-22)21-26-2/h3-4,9,13,15,21H,5-8,10-11H2,1-2H3,(H,20,24). The molecule has 27 heavy (non-hydrogen) atoms. The molecule has 2 fully saturated rings. The van der Waals surface area contributed by atoms with Gasteiger partial charge in [0, 0.05) is 26.1 Å². The number of anilines is 2. The molecule has 0 bridgehead atoms. The minimum atomic E-state index is -0.538. The Hall–Kier alpha value is -2.39. The smallest absolute Gasteiger partial charge is 0.414 e. The first kappa shape index (κ1) is 19.4. The lowest BCUT2D eigenvalue weighted by molar-refractivity contribution is -0.119. The molecule has 0 aromatic heterocycles. The van der Waals surface area contributed by atoms with Crippen LogP contribution in [-0.2, 0) is 14.4 Å². The van der Waals surface area contributed by atoms with Crippen LogP contribution in [0.25, 0.3) is 0 Å². The van der Waals surface area contributed by atoms with Gasteiger partial charge < -0.3 is 19.8 Å². The van der Waals surface area contributed by atoms with E-state index in [-0.39, 0.29) is 30.9 Å². The SMILES string of the molecule is CONC1CCN(c2ccc(N3CC(CNC(C)=O)OC3=O)cc2F)CC1. The summed E-state index contributed by atoms with van der Waals surface area (Å²) in [5.41, 5.74) is 3.91. The normalized spacial score (nSPS) is 20.7. The van der Waals surface area contributed by atoms with Crippen LogP contribution in [0.1, 0.15) is 19.8 Å². The van der Waals surface area contributed by atoms with Crippen molar-refractivity contribution in [2.75, 3.05) is 43.1 Å². The summed E-state index contributed by atoms with van der Waals surface area (Å²) in [6.07, 6.45) is 0.733. The third kappa shape index (κ3) is 4.67. The fraction of sp³-hybridized carbons (Fsp3) is 0.556. The molecule has 1 unspecified atom stereocenters. The van der Waals surface area contributed by atoms with Crippen molar-refractivity contribution >= 4 is 23.4 Å². The van der Waals surface area contributed by atoms with Crippen LogP contribution in [0, 0.1) is 5.82 Å². The fourth-order valence-electron chi connectivity index (χ4n) is 3.42. The largest absolute Gasteiger partial charge is 0.442 e. The Morgan fingerprint density at radius 2 is 2.11 bits per heavy atom. The van der Waals surface area contributed by atoms with E-state index in [0.717, 1.165) is 25.9 Å². The van der Waals surface area contributed by atoms with Gasteiger partial charge in [-0.15, -0.1) is 0 Å². The summed E-state index contributed by atoms with van der Waals surface area (Å²) < 4.78 is 19.9. The molecule has 3 rings (SSSR count). The van der Waals surface area contributed by atoms with Gasteiger partial charge in [0.15, 0.2) is 0 Å². The van der Waals surface area contributed by atoms with E-state index in [2.05, 4.69) is 10.8 Å². The van der Waals surface area contributed by atoms with Crippen LogP contribution in [0.5, 0.6) is 0 Å². The Bertz CT molecular complexity index is 694. The number of nitrogens with zero attached hydrogens (tertiary/aromatic N) is 2. The van der Waals surface area contributed by atoms with Crippen molar-refractivity contribution in [3.8, 4) is 0 Å². The van der Waals surface area contributed by atoms with E-state index in [9.17, 15) is 14.0 Å². The Kier molecular flexibility index (Phi) is 6.12. The van der Waals surface area contributed by atoms with Crippen molar-refractivity contribution in [1.82, 2.24) is 10.8 Å². The fourth-order valence-corrected chi connectivity index (χ4v) is 3.42. The molecular formula is C18H25FN4O4. The number of hydroxylamine groups is 1. The molecular weight excluding hydrogens is 355 g/mol. The van der Waals surface area contributed by atoms with Crippen LogP contribution in [0.15, 0.2) is 18.2 Å². The van der Waals surface area contributed by atoms with Gasteiger partial charge in [-0.2, -0.15) is 5.48 Å². The number of hydrogen-bond donors (Lipinski definition) is 2. The summed E-state index contributed by atoms with van der Waals surface area (Å²) in [6, 6.07) is 5.05. The number of hydrogen-bond acceptors (Lipinski definition) is 6. The van der Waals surface area contributed by atoms with Crippen molar-refractivity contribution in [1.29, 1.82) is 0 Å². The maximum absolute atomic E-state index is 14.7. The Morgan fingerprint density at radius 1 is 1.37 bits per heavy atom. The van der Waals surface area contributed by atoms with E-state index in [4.69, 9.17) is 9.57 Å². The van der Waals surface area contributed by atoms with Gasteiger partial charge in [-0.05, 0) is 31.0 Å². The number of ether oxygens (including phenoxy) is 1. The number of benzene rings is 1. The number of carbonyl (C=O) groups is 2. The summed E-state index contributed by atoms with van der Waals surface area (Å²) in [5.74, 6) is -0.562. The van der Waals surface area contributed by atoms with Crippen LogP contribution < -0.4 is 20.6 Å². The van der Waals surface area contributed by atoms with Gasteiger partial charge >= 0.3 is 6.09 Å². The monoisotopic (exact) mass is 380 g/mol. The summed E-state index contributed by atoms with van der Waals surface area (Å²) >= 11 is 0. The number of cyclic esters (lactones) is 1. The highest BCUT2D eigenvalue weighted by atomic mass is 19.1. The molecule has 0 radical (unpaired) electrons. The van der Waals surface area contributed by atoms with Crippen LogP contribution in [0.3, 0.4) is 0 Å². The number of carbonyl (C=O) groups excluding carboxylic acids is 2. The average Bonchev–Trinajstić information content (AvgIpc) is 3.02. The number of nitrogens with one attached hydrogen (secondary N) is 2. The van der Waals surface area contributed by atoms with Gasteiger partial charge in [0.25, 0.3) is 0 Å². The molecule has 2 aliphatic heterocycles. The molecule has 2 amide bonds. The van der Waals surface area contributed by atoms with Gasteiger partial charge in [0.05, 0.1) is 31.6 Å². The predicted molar refractivity (Wildman–Crippen MR) is 98.1 cm³/mol. The minimum Gasteiger partial charge on any atom is -0.442 e. The van der Waals surface area contributed by atoms with Gasteiger partial charge in [-0.3, -0.25) is 9.69 Å². The number of rotatable bonds is 6. The Balaban J connectivity index is 1.63. The van der Waals surface area contributed by atoms with E-state index >= 15 is 0 Å². The number of halogens is 1. The molecule has 1 aromatic rings. The zero-order valence-electron chi connectivity index (χ0n) is 15.5. The number of amides is 2. The van der Waals surface area contributed by atoms with E-state index in [1.807, 2.05) is 4.90 Å². The molecule has 2 heterocycles. The van der Waals surface area contributed by atoms with Crippen molar-refractivity contribution in [2.45, 2.75) is 31.9 Å². The lowest BCUT2D eigenvalue weighted by Gasteiger charge is -2.33. The van der Waals surface area contributed by atoms with Crippen LogP contribution in [0.4, 0.5) is 20.6 Å². The summed E-state index contributed by atoms with van der Waals surface area (Å²) in [4.78, 5) is 31.4. The van der Waals surface area contributed by atoms with Gasteiger partial charge in [-0.1, -0.05) is 0 Å². The maximum atomic E-state index is 14.7. The van der Waals surface area contributed by atoms with Gasteiger partial charge in [-0.25, -0.2) is 9.18 Å². The van der Waals surface area contributed by atoms with E-state index in [1.54, 1.807) is 19.2 Å². The van der Waals surface area contributed by atoms with Crippen molar-refractivity contribution in [2.24, 2.45) is 0 Å². The molecule has 9 heteroatoms. The molecule has 0 aliphatic carbocycles. The highest BCUT2D eigenvalue weighted by Gasteiger charge is 2.33. The topological polar surface area (TPSA) is 83.1 Å². The first-order chi connectivity index (χ1) is 13.0. The first-order valence-corrected chi connectivity index (χ1v) is 9.03. The van der Waals surface area contributed by atoms with Crippen LogP contribution in [0.2, 0.25) is 0 Å². The quantitative estimate of drug-likeness (QED) is 0.726. The second-order valence-corrected chi connectivity index (χ2v) is 6.77. The molecule has 8 nitrogen and oxygen atoms in total. The van der Waals surface area contributed by atoms with Gasteiger partial charge in [0.1, 0.15) is 11.9 Å². The molecule has 0 spiro atoms. The molecule has 2 saturated heterocycles. The van der Waals surface area contributed by atoms with E-state index < -0.39 is 12.2 Å². The zero-order chi connectivity index (χ0) is 19.4. The third-order valence-corrected chi connectivity index (χ3v) is 4.82. The Morgan fingerprint density at radius 3 is 2.74 bits per heavy atom. The zero-order valence-corrected chi connectivity index (χ0v) is 15.5. The second-order valence-electron chi connectivity index (χ2n) is 6.77. The van der Waals surface area contributed by atoms with Crippen LogP contribution in [-0.4, -0.2) is 57.4 Å². The van der Waals surface area contributed by atoms with E-state index in [0.29, 0.717) is 11.4 Å². The molecule has 2 aliphatic rings. The molecule has 0 saturated carbocycles. The second kappa shape index (κ2) is 8.53. The molecule has 148 valence electrons. The third-order valence-electron chi connectivity index (χ3n) is 4.82.